The maximum Gasteiger partial charge on any atom is 0.254 e. The van der Waals surface area contributed by atoms with E-state index in [0.29, 0.717) is 28.6 Å². The van der Waals surface area contributed by atoms with Crippen LogP contribution >= 0.6 is 23.2 Å². The van der Waals surface area contributed by atoms with Gasteiger partial charge in [-0.05, 0) is 67.5 Å². The predicted octanol–water partition coefficient (Wildman–Crippen LogP) is 4.51. The van der Waals surface area contributed by atoms with Crippen molar-refractivity contribution in [2.75, 3.05) is 23.7 Å². The zero-order valence-electron chi connectivity index (χ0n) is 19.2. The van der Waals surface area contributed by atoms with Crippen molar-refractivity contribution >= 4 is 51.8 Å². The molecule has 0 N–H and O–H groups in total. The monoisotopic (exact) mass is 530 g/mol. The van der Waals surface area contributed by atoms with Gasteiger partial charge in [0.1, 0.15) is 0 Å². The van der Waals surface area contributed by atoms with E-state index < -0.39 is 17.0 Å². The lowest BCUT2D eigenvalue weighted by Crippen LogP contribution is -2.59. The van der Waals surface area contributed by atoms with Crippen molar-refractivity contribution in [2.24, 2.45) is 0 Å². The fourth-order valence-corrected chi connectivity index (χ4v) is 5.78. The molecule has 1 aliphatic rings. The Kier molecular flexibility index (Phi) is 7.96. The number of ketones is 1. The molecule has 1 fully saturated rings. The molecule has 2 heterocycles. The molecule has 1 saturated heterocycles. The molecule has 10 heteroatoms. The summed E-state index contributed by atoms with van der Waals surface area (Å²) in [7, 11) is 0. The van der Waals surface area contributed by atoms with Gasteiger partial charge in [-0.15, -0.1) is 0 Å². The highest BCUT2D eigenvalue weighted by Crippen LogP contribution is 2.29. The minimum atomic E-state index is -1.70. The number of aromatic nitrogens is 2. The van der Waals surface area contributed by atoms with Crippen LogP contribution in [0.5, 0.6) is 0 Å². The number of Topliss-reactive ketones (excluding diaryl/α,β-unsaturated/α-hetero) is 1. The lowest BCUT2D eigenvalue weighted by molar-refractivity contribution is 0.0634. The SMILES string of the molecule is CC1[C@H](C)N(C(=O)c2ccc([S+]([O-])CC(=O)c3ncccn3)c(Cl)c2)CCN1c1cccc(Cl)c1. The summed E-state index contributed by atoms with van der Waals surface area (Å²) in [6.45, 7) is 5.30. The third-order valence-electron chi connectivity index (χ3n) is 6.17. The van der Waals surface area contributed by atoms with E-state index in [1.54, 1.807) is 18.2 Å². The standard InChI is InChI=1S/C25H24Cl2N4O3S/c1-16-17(2)31(12-11-30(16)20-6-3-5-19(26)14-20)25(33)18-7-8-23(21(27)13-18)35(34)15-22(32)24-28-9-4-10-29-24/h3-10,13-14,16-17H,11-12,15H2,1-2H3/t16?,17-,35?/m0/s1. The number of carbonyl (C=O) groups is 2. The predicted molar refractivity (Wildman–Crippen MR) is 138 cm³/mol. The van der Waals surface area contributed by atoms with Crippen LogP contribution in [0.3, 0.4) is 0 Å². The van der Waals surface area contributed by atoms with Gasteiger partial charge in [-0.2, -0.15) is 0 Å². The number of amides is 1. The Morgan fingerprint density at radius 3 is 2.46 bits per heavy atom. The van der Waals surface area contributed by atoms with Crippen LogP contribution in [0.2, 0.25) is 10.0 Å². The van der Waals surface area contributed by atoms with Crippen LogP contribution in [0.4, 0.5) is 5.69 Å². The zero-order chi connectivity index (χ0) is 25.1. The third-order valence-corrected chi connectivity index (χ3v) is 8.20. The number of benzene rings is 2. The highest BCUT2D eigenvalue weighted by molar-refractivity contribution is 7.92. The number of hydrogen-bond donors (Lipinski definition) is 0. The Labute approximate surface area is 217 Å². The van der Waals surface area contributed by atoms with Crippen LogP contribution in [-0.2, 0) is 11.2 Å². The molecule has 2 aromatic carbocycles. The number of piperazine rings is 1. The Morgan fingerprint density at radius 1 is 1.03 bits per heavy atom. The van der Waals surface area contributed by atoms with Gasteiger partial charge in [0.25, 0.3) is 5.91 Å². The molecule has 2 unspecified atom stereocenters. The van der Waals surface area contributed by atoms with Gasteiger partial charge < -0.3 is 14.4 Å². The first-order chi connectivity index (χ1) is 16.8. The van der Waals surface area contributed by atoms with Crippen molar-refractivity contribution < 1.29 is 14.1 Å². The van der Waals surface area contributed by atoms with E-state index in [2.05, 4.69) is 21.8 Å². The second kappa shape index (κ2) is 11.0. The molecule has 1 aromatic heterocycles. The van der Waals surface area contributed by atoms with Crippen LogP contribution in [0, 0.1) is 0 Å². The molecule has 0 saturated carbocycles. The molecule has 1 amide bonds. The zero-order valence-corrected chi connectivity index (χ0v) is 21.6. The van der Waals surface area contributed by atoms with Gasteiger partial charge in [0.05, 0.1) is 5.02 Å². The number of hydrogen-bond acceptors (Lipinski definition) is 6. The molecule has 35 heavy (non-hydrogen) atoms. The molecule has 182 valence electrons. The molecule has 3 atom stereocenters. The Bertz CT molecular complexity index is 1230. The number of rotatable bonds is 6. The normalized spacial score (nSPS) is 18.9. The average molecular weight is 531 g/mol. The van der Waals surface area contributed by atoms with Gasteiger partial charge in [-0.1, -0.05) is 29.3 Å². The molecule has 0 spiro atoms. The summed E-state index contributed by atoms with van der Waals surface area (Å²) in [4.78, 5) is 37.8. The topological polar surface area (TPSA) is 89.5 Å². The van der Waals surface area contributed by atoms with E-state index in [-0.39, 0.29) is 34.6 Å². The molecule has 0 radical (unpaired) electrons. The summed E-state index contributed by atoms with van der Waals surface area (Å²) in [5.41, 5.74) is 1.43. The van der Waals surface area contributed by atoms with Crippen LogP contribution in [0.25, 0.3) is 0 Å². The van der Waals surface area contributed by atoms with Crippen LogP contribution in [0.15, 0.2) is 65.8 Å². The van der Waals surface area contributed by atoms with Crippen molar-refractivity contribution in [2.45, 2.75) is 30.8 Å². The van der Waals surface area contributed by atoms with E-state index in [1.165, 1.54) is 18.5 Å². The van der Waals surface area contributed by atoms with Crippen LogP contribution in [-0.4, -0.2) is 62.0 Å². The first-order valence-electron chi connectivity index (χ1n) is 11.1. The molecule has 1 aliphatic heterocycles. The van der Waals surface area contributed by atoms with Crippen molar-refractivity contribution in [3.8, 4) is 0 Å². The van der Waals surface area contributed by atoms with Gasteiger partial charge in [0.2, 0.25) is 11.6 Å². The van der Waals surface area contributed by atoms with Gasteiger partial charge >= 0.3 is 0 Å². The first-order valence-corrected chi connectivity index (χ1v) is 13.1. The fraction of sp³-hybridized carbons (Fsp3) is 0.280. The van der Waals surface area contributed by atoms with E-state index in [0.717, 1.165) is 5.69 Å². The Morgan fingerprint density at radius 2 is 1.77 bits per heavy atom. The minimum absolute atomic E-state index is 0.00351. The Hall–Kier alpha value is -2.65. The van der Waals surface area contributed by atoms with Gasteiger partial charge in [0, 0.05) is 53.8 Å². The molecular weight excluding hydrogens is 507 g/mol. The second-order valence-corrected chi connectivity index (χ2v) is 10.5. The third kappa shape index (κ3) is 5.62. The second-order valence-electron chi connectivity index (χ2n) is 8.28. The number of halogens is 2. The molecule has 7 nitrogen and oxygen atoms in total. The van der Waals surface area contributed by atoms with E-state index in [9.17, 15) is 14.1 Å². The molecule has 0 aliphatic carbocycles. The molecule has 4 rings (SSSR count). The van der Waals surface area contributed by atoms with E-state index in [1.807, 2.05) is 36.1 Å². The molecular formula is C25H24Cl2N4O3S. The number of nitrogens with zero attached hydrogens (tertiary/aromatic N) is 4. The maximum atomic E-state index is 13.3. The summed E-state index contributed by atoms with van der Waals surface area (Å²) >= 11 is 10.9. The van der Waals surface area contributed by atoms with Crippen molar-refractivity contribution in [3.63, 3.8) is 0 Å². The van der Waals surface area contributed by atoms with Gasteiger partial charge in [-0.3, -0.25) is 9.59 Å². The first kappa shape index (κ1) is 25.4. The van der Waals surface area contributed by atoms with Crippen molar-refractivity contribution in [1.82, 2.24) is 14.9 Å². The summed E-state index contributed by atoms with van der Waals surface area (Å²) in [6.07, 6.45) is 2.90. The lowest BCUT2D eigenvalue weighted by Gasteiger charge is -2.46. The van der Waals surface area contributed by atoms with Crippen molar-refractivity contribution in [1.29, 1.82) is 0 Å². The summed E-state index contributed by atoms with van der Waals surface area (Å²) in [5, 5.41) is 0.847. The molecule has 0 bridgehead atoms. The molecule has 3 aromatic rings. The van der Waals surface area contributed by atoms with E-state index >= 15 is 0 Å². The lowest BCUT2D eigenvalue weighted by atomic mass is 10.0. The minimum Gasteiger partial charge on any atom is -0.611 e. The van der Waals surface area contributed by atoms with Gasteiger partial charge in [-0.25, -0.2) is 9.97 Å². The highest BCUT2D eigenvalue weighted by Gasteiger charge is 2.34. The fourth-order valence-electron chi connectivity index (χ4n) is 4.14. The number of anilines is 1. The smallest absolute Gasteiger partial charge is 0.254 e. The summed E-state index contributed by atoms with van der Waals surface area (Å²) in [6, 6.07) is 14.0. The van der Waals surface area contributed by atoms with E-state index in [4.69, 9.17) is 23.2 Å². The van der Waals surface area contributed by atoms with Crippen LogP contribution in [0.1, 0.15) is 34.8 Å². The van der Waals surface area contributed by atoms with Gasteiger partial charge in [0.15, 0.2) is 10.6 Å². The Balaban J connectivity index is 1.45. The van der Waals surface area contributed by atoms with Crippen LogP contribution < -0.4 is 4.90 Å². The highest BCUT2D eigenvalue weighted by atomic mass is 35.5. The maximum absolute atomic E-state index is 13.3. The summed E-state index contributed by atoms with van der Waals surface area (Å²) in [5.74, 6) is -0.885. The van der Waals surface area contributed by atoms with Crippen molar-refractivity contribution in [3.05, 3.63) is 82.4 Å². The largest absolute Gasteiger partial charge is 0.611 e. The quantitative estimate of drug-likeness (QED) is 0.344. The number of carbonyl (C=O) groups excluding carboxylic acids is 2. The average Bonchev–Trinajstić information content (AvgIpc) is 2.85. The summed E-state index contributed by atoms with van der Waals surface area (Å²) < 4.78 is 12.8.